The summed E-state index contributed by atoms with van der Waals surface area (Å²) in [5, 5.41) is 2.96. The van der Waals surface area contributed by atoms with Crippen LogP contribution in [0.3, 0.4) is 0 Å². The van der Waals surface area contributed by atoms with Crippen molar-refractivity contribution in [2.24, 2.45) is 5.41 Å². The van der Waals surface area contributed by atoms with Crippen LogP contribution in [0.2, 0.25) is 0 Å². The Hall–Kier alpha value is -1.75. The topological polar surface area (TPSA) is 50.8 Å². The zero-order valence-corrected chi connectivity index (χ0v) is 14.4. The lowest BCUT2D eigenvalue weighted by molar-refractivity contribution is -0.0978. The highest BCUT2D eigenvalue weighted by atomic mass is 16.5. The lowest BCUT2D eigenvalue weighted by Crippen LogP contribution is -2.50. The molecule has 0 atom stereocenters. The molecule has 1 aliphatic heterocycles. The number of hydrogen-bond donors (Lipinski definition) is 1. The Morgan fingerprint density at radius 3 is 2.87 bits per heavy atom. The van der Waals surface area contributed by atoms with E-state index >= 15 is 0 Å². The average Bonchev–Trinajstić information content (AvgIpc) is 2.54. The quantitative estimate of drug-likeness (QED) is 0.749. The van der Waals surface area contributed by atoms with Crippen molar-refractivity contribution in [3.8, 4) is 5.75 Å². The van der Waals surface area contributed by atoms with E-state index in [0.29, 0.717) is 19.7 Å². The van der Waals surface area contributed by atoms with Gasteiger partial charge in [-0.15, -0.1) is 0 Å². The monoisotopic (exact) mass is 320 g/mol. The van der Waals surface area contributed by atoms with E-state index in [4.69, 9.17) is 9.47 Å². The van der Waals surface area contributed by atoms with Crippen LogP contribution in [-0.4, -0.2) is 50.9 Å². The van der Waals surface area contributed by atoms with Gasteiger partial charge in [-0.2, -0.15) is 0 Å². The average molecular weight is 320 g/mol. The summed E-state index contributed by atoms with van der Waals surface area (Å²) in [7, 11) is 1.81. The predicted molar refractivity (Wildman–Crippen MR) is 90.9 cm³/mol. The number of ether oxygens (including phenoxy) is 2. The molecule has 1 fully saturated rings. The van der Waals surface area contributed by atoms with Crippen LogP contribution in [0.4, 0.5) is 4.79 Å². The number of nitrogens with zero attached hydrogens (tertiary/aromatic N) is 1. The highest BCUT2D eigenvalue weighted by molar-refractivity contribution is 5.73. The Morgan fingerprint density at radius 1 is 1.43 bits per heavy atom. The van der Waals surface area contributed by atoms with E-state index in [2.05, 4.69) is 31.3 Å². The Kier molecular flexibility index (Phi) is 6.28. The number of benzene rings is 1. The van der Waals surface area contributed by atoms with Crippen LogP contribution < -0.4 is 10.1 Å². The van der Waals surface area contributed by atoms with Gasteiger partial charge in [0.2, 0.25) is 0 Å². The molecule has 5 heteroatoms. The number of carbonyl (C=O) groups excluding carboxylic acids is 1. The summed E-state index contributed by atoms with van der Waals surface area (Å²) in [6.07, 6.45) is 1.81. The van der Waals surface area contributed by atoms with Gasteiger partial charge in [0.15, 0.2) is 0 Å². The molecule has 1 N–H and O–H groups in total. The van der Waals surface area contributed by atoms with E-state index in [0.717, 1.165) is 31.8 Å². The van der Waals surface area contributed by atoms with Gasteiger partial charge in [-0.25, -0.2) is 4.79 Å². The molecule has 0 spiro atoms. The van der Waals surface area contributed by atoms with Crippen LogP contribution in [-0.2, 0) is 11.2 Å². The minimum Gasteiger partial charge on any atom is -0.494 e. The number of nitrogens with one attached hydrogen (secondary N) is 1. The lowest BCUT2D eigenvalue weighted by Gasteiger charge is -2.38. The first-order valence-corrected chi connectivity index (χ1v) is 8.31. The number of amides is 2. The fourth-order valence-corrected chi connectivity index (χ4v) is 2.43. The fraction of sp³-hybridized carbons (Fsp3) is 0.611. The van der Waals surface area contributed by atoms with Gasteiger partial charge in [-0.3, -0.25) is 0 Å². The normalized spacial score (nSPS) is 15.6. The Bertz CT molecular complexity index is 515. The smallest absolute Gasteiger partial charge is 0.317 e. The molecule has 0 radical (unpaired) electrons. The van der Waals surface area contributed by atoms with Crippen molar-refractivity contribution in [3.63, 3.8) is 0 Å². The molecule has 0 aromatic heterocycles. The van der Waals surface area contributed by atoms with E-state index in [1.54, 1.807) is 4.90 Å². The van der Waals surface area contributed by atoms with Gasteiger partial charge in [0.25, 0.3) is 0 Å². The van der Waals surface area contributed by atoms with E-state index in [-0.39, 0.29) is 11.4 Å². The number of aryl methyl sites for hydroxylation is 1. The van der Waals surface area contributed by atoms with Gasteiger partial charge >= 0.3 is 6.03 Å². The van der Waals surface area contributed by atoms with Gasteiger partial charge in [0, 0.05) is 25.6 Å². The SMILES string of the molecule is CCc1cccc(OCCCN(C)C(=O)NCC2(C)COC2)c1. The highest BCUT2D eigenvalue weighted by Crippen LogP contribution is 2.25. The van der Waals surface area contributed by atoms with Gasteiger partial charge in [0.1, 0.15) is 5.75 Å². The second-order valence-corrected chi connectivity index (χ2v) is 6.59. The van der Waals surface area contributed by atoms with Crippen molar-refractivity contribution in [2.75, 3.05) is 40.0 Å². The molecule has 0 bridgehead atoms. The summed E-state index contributed by atoms with van der Waals surface area (Å²) in [4.78, 5) is 13.7. The van der Waals surface area contributed by atoms with Crippen LogP contribution in [0.25, 0.3) is 0 Å². The molecule has 128 valence electrons. The number of carbonyl (C=O) groups is 1. The summed E-state index contributed by atoms with van der Waals surface area (Å²) >= 11 is 0. The molecular formula is C18H28N2O3. The van der Waals surface area contributed by atoms with Crippen molar-refractivity contribution < 1.29 is 14.3 Å². The van der Waals surface area contributed by atoms with Crippen LogP contribution >= 0.6 is 0 Å². The summed E-state index contributed by atoms with van der Waals surface area (Å²) in [6, 6.07) is 8.11. The maximum absolute atomic E-state index is 12.0. The molecule has 0 aliphatic carbocycles. The molecule has 0 saturated carbocycles. The molecule has 1 heterocycles. The molecule has 1 saturated heterocycles. The van der Waals surface area contributed by atoms with Gasteiger partial charge in [0.05, 0.1) is 19.8 Å². The molecule has 1 aromatic rings. The zero-order chi connectivity index (χ0) is 16.7. The molecule has 5 nitrogen and oxygen atoms in total. The third kappa shape index (κ3) is 5.43. The first kappa shape index (κ1) is 17.6. The highest BCUT2D eigenvalue weighted by Gasteiger charge is 2.33. The van der Waals surface area contributed by atoms with E-state index < -0.39 is 0 Å². The molecule has 2 rings (SSSR count). The van der Waals surface area contributed by atoms with Crippen molar-refractivity contribution in [3.05, 3.63) is 29.8 Å². The maximum Gasteiger partial charge on any atom is 0.317 e. The third-order valence-corrected chi connectivity index (χ3v) is 4.13. The molecule has 1 aromatic carbocycles. The Morgan fingerprint density at radius 2 is 2.22 bits per heavy atom. The maximum atomic E-state index is 12.0. The van der Waals surface area contributed by atoms with Crippen molar-refractivity contribution in [1.29, 1.82) is 0 Å². The number of urea groups is 1. The molecule has 0 unspecified atom stereocenters. The largest absolute Gasteiger partial charge is 0.494 e. The minimum absolute atomic E-state index is 0.0360. The fourth-order valence-electron chi connectivity index (χ4n) is 2.43. The molecule has 1 aliphatic rings. The first-order valence-electron chi connectivity index (χ1n) is 8.31. The van der Waals surface area contributed by atoms with Crippen molar-refractivity contribution >= 4 is 6.03 Å². The summed E-state index contributed by atoms with van der Waals surface area (Å²) in [5.74, 6) is 0.898. The Labute approximate surface area is 139 Å². The number of rotatable bonds is 8. The second-order valence-electron chi connectivity index (χ2n) is 6.59. The van der Waals surface area contributed by atoms with Crippen LogP contribution in [0, 0.1) is 5.41 Å². The van der Waals surface area contributed by atoms with Crippen LogP contribution in [0.15, 0.2) is 24.3 Å². The number of hydrogen-bond acceptors (Lipinski definition) is 3. The lowest BCUT2D eigenvalue weighted by atomic mass is 9.89. The van der Waals surface area contributed by atoms with E-state index in [1.165, 1.54) is 5.56 Å². The van der Waals surface area contributed by atoms with Gasteiger partial charge < -0.3 is 19.7 Å². The molecule has 2 amide bonds. The van der Waals surface area contributed by atoms with Gasteiger partial charge in [-0.05, 0) is 30.5 Å². The molecular weight excluding hydrogens is 292 g/mol. The van der Waals surface area contributed by atoms with E-state index in [1.807, 2.05) is 19.2 Å². The second kappa shape index (κ2) is 8.20. The minimum atomic E-state index is -0.0360. The predicted octanol–water partition coefficient (Wildman–Crippen LogP) is 2.70. The third-order valence-electron chi connectivity index (χ3n) is 4.13. The Balaban J connectivity index is 1.61. The van der Waals surface area contributed by atoms with Crippen LogP contribution in [0.5, 0.6) is 5.75 Å². The first-order chi connectivity index (χ1) is 11.0. The summed E-state index contributed by atoms with van der Waals surface area (Å²) in [5.41, 5.74) is 1.37. The zero-order valence-electron chi connectivity index (χ0n) is 14.4. The van der Waals surface area contributed by atoms with Gasteiger partial charge in [-0.1, -0.05) is 26.0 Å². The molecule has 23 heavy (non-hydrogen) atoms. The van der Waals surface area contributed by atoms with Crippen LogP contribution in [0.1, 0.15) is 25.8 Å². The van der Waals surface area contributed by atoms with E-state index in [9.17, 15) is 4.79 Å². The summed E-state index contributed by atoms with van der Waals surface area (Å²) in [6.45, 7) is 7.64. The summed E-state index contributed by atoms with van der Waals surface area (Å²) < 4.78 is 10.9. The van der Waals surface area contributed by atoms with Crippen molar-refractivity contribution in [1.82, 2.24) is 10.2 Å². The standard InChI is InChI=1S/C18H28N2O3/c1-4-15-7-5-8-16(11-15)23-10-6-9-20(3)17(21)19-12-18(2)13-22-14-18/h5,7-8,11H,4,6,9-10,12-14H2,1-3H3,(H,19,21). The van der Waals surface area contributed by atoms with Crippen molar-refractivity contribution in [2.45, 2.75) is 26.7 Å².